The lowest BCUT2D eigenvalue weighted by Crippen LogP contribution is -2.64. The van der Waals surface area contributed by atoms with Gasteiger partial charge in [-0.05, 0) is 32.4 Å². The normalized spacial score (nSPS) is 31.7. The lowest BCUT2D eigenvalue weighted by Gasteiger charge is -2.45. The first-order valence-electron chi connectivity index (χ1n) is 15.1. The molecule has 2 aliphatic heterocycles. The molecular weight excluding hydrogens is 618 g/mol. The van der Waals surface area contributed by atoms with Crippen LogP contribution in [0, 0.1) is 6.92 Å². The maximum atomic E-state index is 14.0. The Morgan fingerprint density at radius 2 is 1.43 bits per heavy atom. The minimum absolute atomic E-state index is 0.0225. The maximum absolute atomic E-state index is 14.0. The molecule has 1 aromatic heterocycles. The fraction of sp³-hybridized carbons (Fsp3) is 0.424. The van der Waals surface area contributed by atoms with Crippen molar-refractivity contribution in [3.63, 3.8) is 0 Å². The van der Waals surface area contributed by atoms with E-state index >= 15 is 0 Å². The van der Waals surface area contributed by atoms with Gasteiger partial charge in [-0.25, -0.2) is 4.79 Å². The number of aryl methyl sites for hydroxylation is 1. The molecular formula is C33H33NO13. The Hall–Kier alpha value is -3.99. The van der Waals surface area contributed by atoms with E-state index < -0.39 is 77.9 Å². The first-order chi connectivity index (χ1) is 22.3. The maximum Gasteiger partial charge on any atom is 0.344 e. The summed E-state index contributed by atoms with van der Waals surface area (Å²) in [6.07, 6.45) is -13.2. The van der Waals surface area contributed by atoms with Crippen LogP contribution < -0.4 is 27.0 Å². The average Bonchev–Trinajstić information content (AvgIpc) is 3.04. The third kappa shape index (κ3) is 4.59. The van der Waals surface area contributed by atoms with Crippen LogP contribution in [0.15, 0.2) is 49.1 Å². The number of fused-ring (bicyclic) bond motifs is 2. The summed E-state index contributed by atoms with van der Waals surface area (Å²) in [5, 5.41) is 43.8. The zero-order chi connectivity index (χ0) is 33.6. The van der Waals surface area contributed by atoms with E-state index in [2.05, 4.69) is 0 Å². The zero-order valence-corrected chi connectivity index (χ0v) is 25.7. The van der Waals surface area contributed by atoms with Crippen molar-refractivity contribution in [2.24, 2.45) is 0 Å². The van der Waals surface area contributed by atoms with Crippen molar-refractivity contribution in [3.8, 4) is 16.9 Å². The second-order valence-corrected chi connectivity index (χ2v) is 12.2. The largest absolute Gasteiger partial charge is 0.461 e. The van der Waals surface area contributed by atoms with Crippen molar-refractivity contribution in [2.45, 2.75) is 82.2 Å². The molecule has 47 heavy (non-hydrogen) atoms. The van der Waals surface area contributed by atoms with Crippen LogP contribution in [0.2, 0.25) is 0 Å². The van der Waals surface area contributed by atoms with Crippen LogP contribution in [-0.2, 0) is 18.9 Å². The first-order valence-corrected chi connectivity index (χ1v) is 15.1. The second kappa shape index (κ2) is 11.3. The zero-order valence-electron chi connectivity index (χ0n) is 25.7. The molecule has 0 bridgehead atoms. The van der Waals surface area contributed by atoms with Crippen LogP contribution in [0.1, 0.15) is 19.4 Å². The summed E-state index contributed by atoms with van der Waals surface area (Å²) in [6, 6.07) is 7.60. The molecule has 0 unspecified atom stereocenters. The van der Waals surface area contributed by atoms with E-state index in [0.717, 1.165) is 0 Å². The van der Waals surface area contributed by atoms with Crippen LogP contribution in [0.3, 0.4) is 0 Å². The quantitative estimate of drug-likeness (QED) is 0.0753. The highest BCUT2D eigenvalue weighted by Gasteiger charge is 2.50. The van der Waals surface area contributed by atoms with E-state index in [-0.39, 0.29) is 55.1 Å². The highest BCUT2D eigenvalue weighted by Crippen LogP contribution is 2.44. The molecule has 0 saturated carbocycles. The van der Waals surface area contributed by atoms with Gasteiger partial charge in [0.2, 0.25) is 11.7 Å². The highest BCUT2D eigenvalue weighted by atomic mass is 16.8. The third-order valence-electron chi connectivity index (χ3n) is 9.39. The highest BCUT2D eigenvalue weighted by molar-refractivity contribution is 6.22. The molecule has 14 heteroatoms. The molecule has 3 heterocycles. The third-order valence-corrected chi connectivity index (χ3v) is 9.39. The lowest BCUT2D eigenvalue weighted by molar-refractivity contribution is -0.353. The van der Waals surface area contributed by atoms with E-state index in [4.69, 9.17) is 33.8 Å². The molecule has 10 atom stereocenters. The Labute approximate surface area is 265 Å². The minimum Gasteiger partial charge on any atom is -0.461 e. The summed E-state index contributed by atoms with van der Waals surface area (Å²) in [5.41, 5.74) is 4.62. The molecule has 2 aromatic carbocycles. The van der Waals surface area contributed by atoms with E-state index in [1.807, 2.05) is 0 Å². The summed E-state index contributed by atoms with van der Waals surface area (Å²) in [5.74, 6) is -0.0225. The van der Waals surface area contributed by atoms with Crippen LogP contribution in [0.25, 0.3) is 43.6 Å². The fourth-order valence-corrected chi connectivity index (χ4v) is 6.93. The molecule has 2 aliphatic carbocycles. The van der Waals surface area contributed by atoms with Gasteiger partial charge >= 0.3 is 5.63 Å². The van der Waals surface area contributed by atoms with Crippen molar-refractivity contribution < 1.29 is 48.5 Å². The summed E-state index contributed by atoms with van der Waals surface area (Å²) in [6.45, 7) is 4.79. The number of hydrogen-bond acceptors (Lipinski definition) is 14. The molecule has 2 fully saturated rings. The molecule has 4 aliphatic rings. The van der Waals surface area contributed by atoms with Gasteiger partial charge < -0.3 is 54.3 Å². The van der Waals surface area contributed by atoms with Gasteiger partial charge in [-0.2, -0.15) is 0 Å². The van der Waals surface area contributed by atoms with Crippen LogP contribution in [0.4, 0.5) is 5.69 Å². The molecule has 248 valence electrons. The average molecular weight is 652 g/mol. The Morgan fingerprint density at radius 1 is 0.745 bits per heavy atom. The number of ether oxygens (including phenoxy) is 5. The topological polar surface area (TPSA) is 217 Å². The van der Waals surface area contributed by atoms with Crippen LogP contribution in [0.5, 0.6) is 5.75 Å². The molecule has 3 aromatic rings. The van der Waals surface area contributed by atoms with Crippen molar-refractivity contribution in [1.29, 1.82) is 0 Å². The number of nitrogens with two attached hydrogens (primary N) is 1. The van der Waals surface area contributed by atoms with Crippen LogP contribution >= 0.6 is 0 Å². The number of hydrogen-bond donors (Lipinski definition) is 5. The minimum atomic E-state index is -1.63. The Bertz CT molecular complexity index is 2130. The molecule has 14 nitrogen and oxygen atoms in total. The van der Waals surface area contributed by atoms with Crippen LogP contribution in [-0.4, -0.2) is 88.9 Å². The molecule has 7 rings (SSSR count). The van der Waals surface area contributed by atoms with Gasteiger partial charge in [-0.3, -0.25) is 9.59 Å². The second-order valence-electron chi connectivity index (χ2n) is 12.2. The van der Waals surface area contributed by atoms with Crippen molar-refractivity contribution in [3.05, 3.63) is 66.8 Å². The predicted octanol–water partition coefficient (Wildman–Crippen LogP) is 0.403. The number of nitrogen functional groups attached to an aromatic ring is 1. The monoisotopic (exact) mass is 651 g/mol. The van der Waals surface area contributed by atoms with Gasteiger partial charge in [0.15, 0.2) is 23.4 Å². The number of benzene rings is 4. The van der Waals surface area contributed by atoms with Gasteiger partial charge in [0, 0.05) is 28.8 Å². The van der Waals surface area contributed by atoms with Crippen molar-refractivity contribution in [2.75, 3.05) is 12.8 Å². The SMILES string of the molecule is CO[C@@H]1[C@H](O)[C@@H](O)[C@@H](O[C@H]2[C@H](Oc3cccc4c(=O)c5c(N)c(=O)c6ccc(C)c7c(=O)oc(c-5c67)c34)O[C@H](C)[C@H](O)[C@@H]2O)O[C@@H]1C. The Morgan fingerprint density at radius 3 is 2.15 bits per heavy atom. The summed E-state index contributed by atoms with van der Waals surface area (Å²) in [7, 11) is 1.35. The van der Waals surface area contributed by atoms with E-state index in [1.165, 1.54) is 32.2 Å². The predicted molar refractivity (Wildman–Crippen MR) is 167 cm³/mol. The summed E-state index contributed by atoms with van der Waals surface area (Å²) < 4.78 is 35.0. The number of rotatable bonds is 5. The molecule has 0 spiro atoms. The standard InChI is InChI=1S/C33H33NO13/c1-10-8-9-14-18-16(10)31(41)46-29-17-13(23(36)20(19(18)29)21(34)24(14)37)6-5-7-15(17)45-33-30(25(38)22(35)11(2)43-33)47-32-27(40)26(39)28(42-4)12(3)44-32/h5-9,11-12,22,25-28,30,32-33,35,38-40H,34H2,1-4H3/t11-,12-,22+,25+,26-,27-,28+,30-,32-,33+/m1/s1. The van der Waals surface area contributed by atoms with Gasteiger partial charge in [0.1, 0.15) is 36.3 Å². The summed E-state index contributed by atoms with van der Waals surface area (Å²) in [4.78, 5) is 40.7. The molecule has 6 N–H and O–H groups in total. The lowest BCUT2D eigenvalue weighted by atomic mass is 9.87. The Kier molecular flexibility index (Phi) is 7.61. The number of methoxy groups -OCH3 is 1. The molecule has 0 amide bonds. The molecule has 0 radical (unpaired) electrons. The fourth-order valence-electron chi connectivity index (χ4n) is 6.93. The van der Waals surface area contributed by atoms with Gasteiger partial charge in [-0.1, -0.05) is 24.3 Å². The van der Waals surface area contributed by atoms with E-state index in [0.29, 0.717) is 5.56 Å². The summed E-state index contributed by atoms with van der Waals surface area (Å²) >= 11 is 0. The van der Waals surface area contributed by atoms with Crippen molar-refractivity contribution >= 4 is 38.2 Å². The van der Waals surface area contributed by atoms with E-state index in [9.17, 15) is 34.8 Å². The van der Waals surface area contributed by atoms with Crippen molar-refractivity contribution in [1.82, 2.24) is 0 Å². The van der Waals surface area contributed by atoms with Gasteiger partial charge in [-0.15, -0.1) is 0 Å². The smallest absolute Gasteiger partial charge is 0.344 e. The van der Waals surface area contributed by atoms with Gasteiger partial charge in [0.05, 0.1) is 34.2 Å². The first kappa shape index (κ1) is 31.6. The van der Waals surface area contributed by atoms with Gasteiger partial charge in [0.25, 0.3) is 0 Å². The molecule has 2 saturated heterocycles. The number of anilines is 1. The Balaban J connectivity index is 1.39. The number of aliphatic hydroxyl groups is 4. The number of aliphatic hydroxyl groups excluding tert-OH is 4. The van der Waals surface area contributed by atoms with E-state index in [1.54, 1.807) is 26.0 Å².